The van der Waals surface area contributed by atoms with Gasteiger partial charge in [-0.3, -0.25) is 14.2 Å². The molecule has 7 heteroatoms. The van der Waals surface area contributed by atoms with E-state index in [-0.39, 0.29) is 11.5 Å². The highest BCUT2D eigenvalue weighted by molar-refractivity contribution is 5.76. The minimum Gasteiger partial charge on any atom is -0.354 e. The normalized spacial score (nSPS) is 10.9. The maximum absolute atomic E-state index is 12.7. The molecule has 7 nitrogen and oxygen atoms in total. The molecule has 1 N–H and O–H groups in total. The summed E-state index contributed by atoms with van der Waals surface area (Å²) in [6, 6.07) is 8.05. The van der Waals surface area contributed by atoms with Crippen molar-refractivity contribution >= 4 is 16.9 Å². The number of carbonyl (C=O) groups excluding carboxylic acids is 1. The SMILES string of the molecule is C=CCCC(=O)NCCn1ncc2c(=O)n(Cc3ccc(C)cc3)cnc21. The number of hydrogen-bond acceptors (Lipinski definition) is 4. The molecule has 3 aromatic rings. The van der Waals surface area contributed by atoms with E-state index < -0.39 is 0 Å². The summed E-state index contributed by atoms with van der Waals surface area (Å²) in [6.45, 7) is 6.98. The fourth-order valence-corrected chi connectivity index (χ4v) is 2.79. The highest BCUT2D eigenvalue weighted by atomic mass is 16.1. The summed E-state index contributed by atoms with van der Waals surface area (Å²) in [7, 11) is 0. The van der Waals surface area contributed by atoms with Crippen molar-refractivity contribution in [3.05, 3.63) is 70.9 Å². The minimum atomic E-state index is -0.123. The Morgan fingerprint density at radius 1 is 1.30 bits per heavy atom. The summed E-state index contributed by atoms with van der Waals surface area (Å²) in [6.07, 6.45) is 5.87. The molecule has 0 aliphatic heterocycles. The fraction of sp³-hybridized carbons (Fsp3) is 0.300. The second-order valence-electron chi connectivity index (χ2n) is 6.45. The number of aryl methyl sites for hydroxylation is 1. The van der Waals surface area contributed by atoms with Crippen LogP contribution in [0.4, 0.5) is 0 Å². The van der Waals surface area contributed by atoms with Crippen LogP contribution in [0.2, 0.25) is 0 Å². The zero-order chi connectivity index (χ0) is 19.2. The number of carbonyl (C=O) groups is 1. The van der Waals surface area contributed by atoms with Gasteiger partial charge in [-0.05, 0) is 18.9 Å². The van der Waals surface area contributed by atoms with Crippen molar-refractivity contribution in [2.24, 2.45) is 0 Å². The van der Waals surface area contributed by atoms with Crippen molar-refractivity contribution in [1.29, 1.82) is 0 Å². The molecule has 140 valence electrons. The third-order valence-corrected chi connectivity index (χ3v) is 4.32. The van der Waals surface area contributed by atoms with Gasteiger partial charge >= 0.3 is 0 Å². The van der Waals surface area contributed by atoms with Crippen molar-refractivity contribution < 1.29 is 4.79 Å². The zero-order valence-corrected chi connectivity index (χ0v) is 15.4. The van der Waals surface area contributed by atoms with Gasteiger partial charge in [-0.25, -0.2) is 9.67 Å². The monoisotopic (exact) mass is 365 g/mol. The van der Waals surface area contributed by atoms with Crippen LogP contribution < -0.4 is 10.9 Å². The number of hydrogen-bond donors (Lipinski definition) is 1. The predicted octanol–water partition coefficient (Wildman–Crippen LogP) is 2.03. The molecule has 0 saturated carbocycles. The Labute approximate surface area is 157 Å². The molecule has 1 amide bonds. The Morgan fingerprint density at radius 3 is 2.81 bits per heavy atom. The molecular formula is C20H23N5O2. The Bertz CT molecular complexity index is 1000. The van der Waals surface area contributed by atoms with Gasteiger partial charge in [0.05, 0.1) is 19.3 Å². The Morgan fingerprint density at radius 2 is 2.07 bits per heavy atom. The summed E-state index contributed by atoms with van der Waals surface area (Å²) in [4.78, 5) is 28.7. The first kappa shape index (κ1) is 18.6. The van der Waals surface area contributed by atoms with E-state index in [1.54, 1.807) is 21.7 Å². The molecule has 27 heavy (non-hydrogen) atoms. The number of nitrogens with zero attached hydrogens (tertiary/aromatic N) is 4. The van der Waals surface area contributed by atoms with E-state index in [4.69, 9.17) is 0 Å². The predicted molar refractivity (Wildman–Crippen MR) is 105 cm³/mol. The van der Waals surface area contributed by atoms with E-state index in [1.807, 2.05) is 31.2 Å². The smallest absolute Gasteiger partial charge is 0.264 e. The van der Waals surface area contributed by atoms with Crippen molar-refractivity contribution in [2.75, 3.05) is 6.54 Å². The highest BCUT2D eigenvalue weighted by Crippen LogP contribution is 2.08. The molecule has 0 unspecified atom stereocenters. The molecular weight excluding hydrogens is 342 g/mol. The van der Waals surface area contributed by atoms with E-state index >= 15 is 0 Å². The summed E-state index contributed by atoms with van der Waals surface area (Å²) in [5.41, 5.74) is 2.62. The van der Waals surface area contributed by atoms with Crippen LogP contribution in [0, 0.1) is 6.92 Å². The number of amides is 1. The van der Waals surface area contributed by atoms with Gasteiger partial charge in [0.15, 0.2) is 5.65 Å². The highest BCUT2D eigenvalue weighted by Gasteiger charge is 2.10. The number of benzene rings is 1. The first-order valence-electron chi connectivity index (χ1n) is 8.92. The molecule has 0 saturated heterocycles. The van der Waals surface area contributed by atoms with Crippen LogP contribution in [0.3, 0.4) is 0 Å². The fourth-order valence-electron chi connectivity index (χ4n) is 2.79. The second-order valence-corrected chi connectivity index (χ2v) is 6.45. The lowest BCUT2D eigenvalue weighted by Crippen LogP contribution is -2.27. The quantitative estimate of drug-likeness (QED) is 0.619. The van der Waals surface area contributed by atoms with Crippen LogP contribution in [-0.4, -0.2) is 31.8 Å². The largest absolute Gasteiger partial charge is 0.354 e. The van der Waals surface area contributed by atoms with Gasteiger partial charge in [-0.15, -0.1) is 6.58 Å². The molecule has 0 radical (unpaired) electrons. The average Bonchev–Trinajstić information content (AvgIpc) is 3.08. The van der Waals surface area contributed by atoms with Crippen LogP contribution >= 0.6 is 0 Å². The topological polar surface area (TPSA) is 81.8 Å². The third kappa shape index (κ3) is 4.49. The summed E-state index contributed by atoms with van der Waals surface area (Å²) >= 11 is 0. The molecule has 0 atom stereocenters. The summed E-state index contributed by atoms with van der Waals surface area (Å²) in [5, 5.41) is 7.55. The number of rotatable bonds is 8. The van der Waals surface area contributed by atoms with E-state index in [9.17, 15) is 9.59 Å². The Kier molecular flexibility index (Phi) is 5.80. The Balaban J connectivity index is 1.70. The van der Waals surface area contributed by atoms with E-state index in [2.05, 4.69) is 22.0 Å². The van der Waals surface area contributed by atoms with Crippen LogP contribution in [0.25, 0.3) is 11.0 Å². The molecule has 0 spiro atoms. The first-order chi connectivity index (χ1) is 13.1. The van der Waals surface area contributed by atoms with E-state index in [1.165, 1.54) is 11.8 Å². The van der Waals surface area contributed by atoms with Gasteiger partial charge in [0, 0.05) is 13.0 Å². The van der Waals surface area contributed by atoms with E-state index in [0.29, 0.717) is 43.5 Å². The van der Waals surface area contributed by atoms with Gasteiger partial charge in [0.1, 0.15) is 11.7 Å². The number of fused-ring (bicyclic) bond motifs is 1. The van der Waals surface area contributed by atoms with E-state index in [0.717, 1.165) is 5.56 Å². The lowest BCUT2D eigenvalue weighted by atomic mass is 10.1. The van der Waals surface area contributed by atoms with Crippen LogP contribution in [0.15, 0.2) is 54.2 Å². The summed E-state index contributed by atoms with van der Waals surface area (Å²) in [5.74, 6) is -0.0280. The molecule has 2 heterocycles. The van der Waals surface area contributed by atoms with Crippen LogP contribution in [0.5, 0.6) is 0 Å². The molecule has 0 aliphatic carbocycles. The molecule has 0 fully saturated rings. The first-order valence-corrected chi connectivity index (χ1v) is 8.92. The second kappa shape index (κ2) is 8.44. The van der Waals surface area contributed by atoms with Gasteiger partial charge in [-0.2, -0.15) is 5.10 Å². The molecule has 0 bridgehead atoms. The Hall–Kier alpha value is -3.22. The van der Waals surface area contributed by atoms with Crippen LogP contribution in [-0.2, 0) is 17.9 Å². The standard InChI is InChI=1S/C20H23N5O2/c1-3-4-5-18(26)21-10-11-25-19-17(12-23-25)20(27)24(14-22-19)13-16-8-6-15(2)7-9-16/h3,6-9,12,14H,1,4-5,10-11,13H2,2H3,(H,21,26). The number of allylic oxidation sites excluding steroid dienone is 1. The molecule has 0 aliphatic rings. The van der Waals surface area contributed by atoms with Gasteiger partial charge in [0.25, 0.3) is 5.56 Å². The van der Waals surface area contributed by atoms with Crippen molar-refractivity contribution in [3.8, 4) is 0 Å². The summed E-state index contributed by atoms with van der Waals surface area (Å²) < 4.78 is 3.22. The number of nitrogens with one attached hydrogen (secondary N) is 1. The zero-order valence-electron chi connectivity index (χ0n) is 15.4. The van der Waals surface area contributed by atoms with Crippen molar-refractivity contribution in [1.82, 2.24) is 24.6 Å². The lowest BCUT2D eigenvalue weighted by Gasteiger charge is -2.07. The third-order valence-electron chi connectivity index (χ3n) is 4.32. The van der Waals surface area contributed by atoms with Crippen LogP contribution in [0.1, 0.15) is 24.0 Å². The maximum Gasteiger partial charge on any atom is 0.264 e. The average molecular weight is 365 g/mol. The minimum absolute atomic E-state index is 0.0280. The van der Waals surface area contributed by atoms with Gasteiger partial charge in [-0.1, -0.05) is 35.9 Å². The molecule has 2 aromatic heterocycles. The maximum atomic E-state index is 12.7. The number of aromatic nitrogens is 4. The van der Waals surface area contributed by atoms with Crippen molar-refractivity contribution in [2.45, 2.75) is 32.9 Å². The molecule has 3 rings (SSSR count). The van der Waals surface area contributed by atoms with Gasteiger partial charge < -0.3 is 5.32 Å². The molecule has 1 aromatic carbocycles. The van der Waals surface area contributed by atoms with Crippen molar-refractivity contribution in [3.63, 3.8) is 0 Å². The lowest BCUT2D eigenvalue weighted by molar-refractivity contribution is -0.121. The van der Waals surface area contributed by atoms with Gasteiger partial charge in [0.2, 0.25) is 5.91 Å².